The van der Waals surface area contributed by atoms with E-state index in [4.69, 9.17) is 0 Å². The van der Waals surface area contributed by atoms with Crippen LogP contribution in [0.1, 0.15) is 23.7 Å². The zero-order chi connectivity index (χ0) is 13.2. The van der Waals surface area contributed by atoms with E-state index in [9.17, 15) is 4.79 Å². The van der Waals surface area contributed by atoms with Crippen LogP contribution in [0.25, 0.3) is 10.1 Å². The van der Waals surface area contributed by atoms with Crippen molar-refractivity contribution in [3.8, 4) is 0 Å². The summed E-state index contributed by atoms with van der Waals surface area (Å²) in [6.45, 7) is 4.15. The highest BCUT2D eigenvalue weighted by Crippen LogP contribution is 2.22. The molecule has 0 saturated carbocycles. The van der Waals surface area contributed by atoms with Gasteiger partial charge in [0.25, 0.3) is 5.91 Å². The molecule has 1 aromatic carbocycles. The summed E-state index contributed by atoms with van der Waals surface area (Å²) in [6, 6.07) is 8.27. The van der Waals surface area contributed by atoms with E-state index in [1.54, 1.807) is 11.3 Å². The fourth-order valence-corrected chi connectivity index (χ4v) is 3.36. The average Bonchev–Trinajstić information content (AvgIpc) is 2.88. The van der Waals surface area contributed by atoms with E-state index in [2.05, 4.69) is 29.0 Å². The van der Waals surface area contributed by atoms with Gasteiger partial charge < -0.3 is 10.6 Å². The lowest BCUT2D eigenvalue weighted by Gasteiger charge is -2.30. The summed E-state index contributed by atoms with van der Waals surface area (Å²) in [5, 5.41) is 9.72. The minimum atomic E-state index is 0.0480. The van der Waals surface area contributed by atoms with Gasteiger partial charge in [-0.25, -0.2) is 0 Å². The maximum absolute atomic E-state index is 12.3. The molecule has 1 aliphatic rings. The summed E-state index contributed by atoms with van der Waals surface area (Å²) in [7, 11) is 0. The average molecular weight is 274 g/mol. The molecule has 2 aromatic rings. The smallest absolute Gasteiger partial charge is 0.251 e. The number of rotatable bonds is 2. The summed E-state index contributed by atoms with van der Waals surface area (Å²) in [5.41, 5.74) is 0.761. The SMILES string of the molecule is CC1CNCCC1NC(=O)c1ccc2sccc2c1. The van der Waals surface area contributed by atoms with E-state index >= 15 is 0 Å². The molecule has 2 unspecified atom stereocenters. The molecule has 3 nitrogen and oxygen atoms in total. The number of amides is 1. The summed E-state index contributed by atoms with van der Waals surface area (Å²) >= 11 is 1.70. The van der Waals surface area contributed by atoms with Gasteiger partial charge in [0.1, 0.15) is 0 Å². The van der Waals surface area contributed by atoms with Crippen LogP contribution in [0.15, 0.2) is 29.6 Å². The van der Waals surface area contributed by atoms with Crippen molar-refractivity contribution in [3.05, 3.63) is 35.2 Å². The monoisotopic (exact) mass is 274 g/mol. The quantitative estimate of drug-likeness (QED) is 0.884. The number of fused-ring (bicyclic) bond motifs is 1. The second-order valence-electron chi connectivity index (χ2n) is 5.22. The molecule has 3 rings (SSSR count). The van der Waals surface area contributed by atoms with Gasteiger partial charge in [-0.2, -0.15) is 0 Å². The van der Waals surface area contributed by atoms with Gasteiger partial charge in [0.2, 0.25) is 0 Å². The highest BCUT2D eigenvalue weighted by Gasteiger charge is 2.23. The van der Waals surface area contributed by atoms with E-state index in [0.29, 0.717) is 5.92 Å². The Kier molecular flexibility index (Phi) is 3.53. The zero-order valence-corrected chi connectivity index (χ0v) is 11.8. The molecule has 1 aromatic heterocycles. The van der Waals surface area contributed by atoms with E-state index in [1.807, 2.05) is 18.2 Å². The molecule has 1 saturated heterocycles. The van der Waals surface area contributed by atoms with Crippen LogP contribution in [0.2, 0.25) is 0 Å². The van der Waals surface area contributed by atoms with Crippen LogP contribution in [0.4, 0.5) is 0 Å². The Morgan fingerprint density at radius 1 is 1.42 bits per heavy atom. The lowest BCUT2D eigenvalue weighted by molar-refractivity contribution is 0.0914. The van der Waals surface area contributed by atoms with Crippen molar-refractivity contribution in [1.82, 2.24) is 10.6 Å². The number of hydrogen-bond acceptors (Lipinski definition) is 3. The molecule has 1 amide bonds. The maximum Gasteiger partial charge on any atom is 0.251 e. The second-order valence-corrected chi connectivity index (χ2v) is 6.17. The highest BCUT2D eigenvalue weighted by molar-refractivity contribution is 7.17. The summed E-state index contributed by atoms with van der Waals surface area (Å²) in [6.07, 6.45) is 1.01. The van der Waals surface area contributed by atoms with Gasteiger partial charge in [-0.15, -0.1) is 11.3 Å². The Labute approximate surface area is 117 Å². The molecular formula is C15H18N2OS. The van der Waals surface area contributed by atoms with Crippen molar-refractivity contribution < 1.29 is 4.79 Å². The Morgan fingerprint density at radius 3 is 3.16 bits per heavy atom. The van der Waals surface area contributed by atoms with Crippen LogP contribution in [0.5, 0.6) is 0 Å². The molecule has 0 bridgehead atoms. The van der Waals surface area contributed by atoms with Crippen molar-refractivity contribution in [2.45, 2.75) is 19.4 Å². The van der Waals surface area contributed by atoms with E-state index in [-0.39, 0.29) is 11.9 Å². The van der Waals surface area contributed by atoms with Crippen LogP contribution in [-0.4, -0.2) is 25.0 Å². The van der Waals surface area contributed by atoms with E-state index < -0.39 is 0 Å². The molecule has 2 heterocycles. The molecule has 0 radical (unpaired) electrons. The lowest BCUT2D eigenvalue weighted by Crippen LogP contribution is -2.48. The van der Waals surface area contributed by atoms with Gasteiger partial charge in [0, 0.05) is 16.3 Å². The third kappa shape index (κ3) is 2.65. The first kappa shape index (κ1) is 12.6. The standard InChI is InChI=1S/C15H18N2OS/c1-10-9-16-6-4-13(10)17-15(18)12-2-3-14-11(8-12)5-7-19-14/h2-3,5,7-8,10,13,16H,4,6,9H2,1H3,(H,17,18). The molecule has 0 aliphatic carbocycles. The first-order chi connectivity index (χ1) is 9.24. The largest absolute Gasteiger partial charge is 0.349 e. The van der Waals surface area contributed by atoms with Crippen LogP contribution in [0.3, 0.4) is 0 Å². The third-order valence-electron chi connectivity index (χ3n) is 3.82. The molecule has 100 valence electrons. The molecule has 1 fully saturated rings. The number of hydrogen-bond donors (Lipinski definition) is 2. The number of carbonyl (C=O) groups excluding carboxylic acids is 1. The fraction of sp³-hybridized carbons (Fsp3) is 0.400. The first-order valence-corrected chi connectivity index (χ1v) is 7.61. The predicted molar refractivity (Wildman–Crippen MR) is 79.7 cm³/mol. The Morgan fingerprint density at radius 2 is 2.32 bits per heavy atom. The predicted octanol–water partition coefficient (Wildman–Crippen LogP) is 2.63. The minimum absolute atomic E-state index is 0.0480. The van der Waals surface area contributed by atoms with Crippen LogP contribution >= 0.6 is 11.3 Å². The maximum atomic E-state index is 12.3. The van der Waals surface area contributed by atoms with Gasteiger partial charge in [-0.3, -0.25) is 4.79 Å². The molecule has 2 N–H and O–H groups in total. The molecular weight excluding hydrogens is 256 g/mol. The highest BCUT2D eigenvalue weighted by atomic mass is 32.1. The lowest BCUT2D eigenvalue weighted by atomic mass is 9.95. The van der Waals surface area contributed by atoms with Crippen molar-refractivity contribution in [2.24, 2.45) is 5.92 Å². The normalized spacial score (nSPS) is 23.4. The van der Waals surface area contributed by atoms with Crippen molar-refractivity contribution in [2.75, 3.05) is 13.1 Å². The van der Waals surface area contributed by atoms with Gasteiger partial charge in [0.15, 0.2) is 0 Å². The fourth-order valence-electron chi connectivity index (χ4n) is 2.59. The molecule has 4 heteroatoms. The number of benzene rings is 1. The van der Waals surface area contributed by atoms with Crippen LogP contribution in [0, 0.1) is 5.92 Å². The topological polar surface area (TPSA) is 41.1 Å². The van der Waals surface area contributed by atoms with Crippen molar-refractivity contribution >= 4 is 27.3 Å². The molecule has 0 spiro atoms. The number of nitrogens with one attached hydrogen (secondary N) is 2. The Balaban J connectivity index is 1.75. The zero-order valence-electron chi connectivity index (χ0n) is 11.0. The van der Waals surface area contributed by atoms with Crippen molar-refractivity contribution in [3.63, 3.8) is 0 Å². The Bertz CT molecular complexity index is 593. The molecule has 1 aliphatic heterocycles. The van der Waals surface area contributed by atoms with Gasteiger partial charge in [-0.1, -0.05) is 6.92 Å². The van der Waals surface area contributed by atoms with Crippen molar-refractivity contribution in [1.29, 1.82) is 0 Å². The second kappa shape index (κ2) is 5.31. The Hall–Kier alpha value is -1.39. The summed E-state index contributed by atoms with van der Waals surface area (Å²) in [5.74, 6) is 0.537. The van der Waals surface area contributed by atoms with E-state index in [0.717, 1.165) is 30.5 Å². The summed E-state index contributed by atoms with van der Waals surface area (Å²) in [4.78, 5) is 12.3. The number of thiophene rings is 1. The molecule has 2 atom stereocenters. The first-order valence-electron chi connectivity index (χ1n) is 6.73. The van der Waals surface area contributed by atoms with Crippen LogP contribution < -0.4 is 10.6 Å². The minimum Gasteiger partial charge on any atom is -0.349 e. The third-order valence-corrected chi connectivity index (χ3v) is 4.71. The summed E-state index contributed by atoms with van der Waals surface area (Å²) < 4.78 is 1.23. The van der Waals surface area contributed by atoms with Crippen LogP contribution in [-0.2, 0) is 0 Å². The number of piperidine rings is 1. The molecule has 19 heavy (non-hydrogen) atoms. The van der Waals surface area contributed by atoms with Gasteiger partial charge in [0.05, 0.1) is 0 Å². The van der Waals surface area contributed by atoms with Gasteiger partial charge >= 0.3 is 0 Å². The van der Waals surface area contributed by atoms with Gasteiger partial charge in [-0.05, 0) is 60.5 Å². The number of carbonyl (C=O) groups is 1. The van der Waals surface area contributed by atoms with E-state index in [1.165, 1.54) is 4.70 Å².